The Morgan fingerprint density at radius 1 is 0.800 bits per heavy atom. The molecular formula is C19H26O4S2. The van der Waals surface area contributed by atoms with Crippen LogP contribution in [0.3, 0.4) is 0 Å². The molecule has 0 atom stereocenters. The zero-order chi connectivity index (χ0) is 17.9. The Balaban J connectivity index is 1.60. The molecule has 1 heterocycles. The van der Waals surface area contributed by atoms with Crippen LogP contribution in [0.25, 0.3) is 6.08 Å². The number of hydrogen-bond acceptors (Lipinski definition) is 6. The molecular weight excluding hydrogens is 356 g/mol. The summed E-state index contributed by atoms with van der Waals surface area (Å²) in [7, 11) is 1.66. The van der Waals surface area contributed by atoms with Gasteiger partial charge >= 0.3 is 0 Å². The van der Waals surface area contributed by atoms with E-state index in [1.807, 2.05) is 35.7 Å². The van der Waals surface area contributed by atoms with Gasteiger partial charge < -0.3 is 18.9 Å². The Morgan fingerprint density at radius 3 is 1.96 bits per heavy atom. The predicted octanol–water partition coefficient (Wildman–Crippen LogP) is 4.77. The molecule has 0 saturated carbocycles. The molecule has 0 unspecified atom stereocenters. The SMILES string of the molecule is COCCOCCOCCOc1ccc(C=C2SC(C)=C(C)S2)cc1. The molecule has 6 heteroatoms. The molecule has 1 aromatic carbocycles. The predicted molar refractivity (Wildman–Crippen MR) is 107 cm³/mol. The van der Waals surface area contributed by atoms with Crippen molar-refractivity contribution in [2.45, 2.75) is 13.8 Å². The zero-order valence-corrected chi connectivity index (χ0v) is 16.7. The van der Waals surface area contributed by atoms with E-state index in [0.29, 0.717) is 39.6 Å². The molecule has 0 aliphatic carbocycles. The van der Waals surface area contributed by atoms with Crippen LogP contribution in [-0.4, -0.2) is 46.8 Å². The third-order valence-corrected chi connectivity index (χ3v) is 5.96. The van der Waals surface area contributed by atoms with Crippen LogP contribution in [0.5, 0.6) is 5.75 Å². The number of ether oxygens (including phenoxy) is 4. The quantitative estimate of drug-likeness (QED) is 0.513. The number of allylic oxidation sites excluding steroid dienone is 2. The number of rotatable bonds is 11. The molecule has 0 amide bonds. The van der Waals surface area contributed by atoms with Gasteiger partial charge in [-0.2, -0.15) is 0 Å². The normalized spacial score (nSPS) is 14.3. The van der Waals surface area contributed by atoms with Crippen LogP contribution in [0.15, 0.2) is 38.3 Å². The highest BCUT2D eigenvalue weighted by molar-refractivity contribution is 8.28. The summed E-state index contributed by atoms with van der Waals surface area (Å²) in [6, 6.07) is 8.16. The smallest absolute Gasteiger partial charge is 0.119 e. The first-order valence-corrected chi connectivity index (χ1v) is 9.94. The first-order chi connectivity index (χ1) is 12.2. The summed E-state index contributed by atoms with van der Waals surface area (Å²) in [5.74, 6) is 0.860. The summed E-state index contributed by atoms with van der Waals surface area (Å²) in [6.45, 7) is 7.78. The van der Waals surface area contributed by atoms with Crippen LogP contribution >= 0.6 is 23.5 Å². The maximum absolute atomic E-state index is 5.69. The molecule has 1 aliphatic heterocycles. The van der Waals surface area contributed by atoms with Crippen LogP contribution in [-0.2, 0) is 14.2 Å². The van der Waals surface area contributed by atoms with Gasteiger partial charge in [0.05, 0.1) is 33.0 Å². The average Bonchev–Trinajstić information content (AvgIpc) is 2.92. The molecule has 0 radical (unpaired) electrons. The molecule has 25 heavy (non-hydrogen) atoms. The summed E-state index contributed by atoms with van der Waals surface area (Å²) in [5.41, 5.74) is 1.19. The molecule has 0 spiro atoms. The third-order valence-electron chi connectivity index (χ3n) is 3.47. The molecule has 1 aliphatic rings. The number of methoxy groups -OCH3 is 1. The van der Waals surface area contributed by atoms with Gasteiger partial charge in [0, 0.05) is 11.3 Å². The molecule has 0 fully saturated rings. The molecule has 0 bridgehead atoms. The zero-order valence-electron chi connectivity index (χ0n) is 15.1. The highest BCUT2D eigenvalue weighted by Crippen LogP contribution is 2.49. The van der Waals surface area contributed by atoms with Gasteiger partial charge in [0.2, 0.25) is 0 Å². The molecule has 4 nitrogen and oxygen atoms in total. The second-order valence-corrected chi connectivity index (χ2v) is 8.19. The Labute approximate surface area is 158 Å². The van der Waals surface area contributed by atoms with Crippen molar-refractivity contribution < 1.29 is 18.9 Å². The van der Waals surface area contributed by atoms with Crippen molar-refractivity contribution in [2.24, 2.45) is 0 Å². The summed E-state index contributed by atoms with van der Waals surface area (Å²) in [5, 5.41) is 0. The molecule has 0 aromatic heterocycles. The van der Waals surface area contributed by atoms with Crippen molar-refractivity contribution in [3.05, 3.63) is 43.9 Å². The van der Waals surface area contributed by atoms with Crippen molar-refractivity contribution in [1.29, 1.82) is 0 Å². The summed E-state index contributed by atoms with van der Waals surface area (Å²) in [4.78, 5) is 2.78. The van der Waals surface area contributed by atoms with E-state index in [1.54, 1.807) is 7.11 Å². The second-order valence-electron chi connectivity index (χ2n) is 5.41. The molecule has 1 aromatic rings. The van der Waals surface area contributed by atoms with Gasteiger partial charge in [-0.1, -0.05) is 35.7 Å². The molecule has 138 valence electrons. The van der Waals surface area contributed by atoms with E-state index in [0.717, 1.165) is 5.75 Å². The second kappa shape index (κ2) is 11.6. The lowest BCUT2D eigenvalue weighted by molar-refractivity contribution is 0.0180. The Kier molecular flexibility index (Phi) is 9.50. The minimum Gasteiger partial charge on any atom is -0.491 e. The van der Waals surface area contributed by atoms with Gasteiger partial charge in [0.15, 0.2) is 0 Å². The van der Waals surface area contributed by atoms with Gasteiger partial charge in [0.25, 0.3) is 0 Å². The first kappa shape index (κ1) is 20.4. The van der Waals surface area contributed by atoms with Crippen LogP contribution in [0.4, 0.5) is 0 Å². The van der Waals surface area contributed by atoms with Gasteiger partial charge in [-0.25, -0.2) is 0 Å². The van der Waals surface area contributed by atoms with Crippen LogP contribution in [0.1, 0.15) is 19.4 Å². The highest BCUT2D eigenvalue weighted by Gasteiger charge is 2.13. The Morgan fingerprint density at radius 2 is 1.36 bits per heavy atom. The maximum Gasteiger partial charge on any atom is 0.119 e. The third kappa shape index (κ3) is 7.88. The van der Waals surface area contributed by atoms with E-state index in [9.17, 15) is 0 Å². The number of thioether (sulfide) groups is 2. The largest absolute Gasteiger partial charge is 0.491 e. The average molecular weight is 383 g/mol. The Bertz CT molecular complexity index is 566. The Hall–Kier alpha value is -0.920. The van der Waals surface area contributed by atoms with Crippen LogP contribution in [0.2, 0.25) is 0 Å². The summed E-state index contributed by atoms with van der Waals surface area (Å²) >= 11 is 3.68. The van der Waals surface area contributed by atoms with E-state index >= 15 is 0 Å². The molecule has 0 N–H and O–H groups in total. The van der Waals surface area contributed by atoms with Crippen molar-refractivity contribution >= 4 is 29.6 Å². The van der Waals surface area contributed by atoms with Crippen molar-refractivity contribution in [1.82, 2.24) is 0 Å². The lowest BCUT2D eigenvalue weighted by Gasteiger charge is -2.08. The lowest BCUT2D eigenvalue weighted by atomic mass is 10.2. The van der Waals surface area contributed by atoms with Gasteiger partial charge in [-0.15, -0.1) is 0 Å². The van der Waals surface area contributed by atoms with Crippen molar-refractivity contribution in [2.75, 3.05) is 46.8 Å². The van der Waals surface area contributed by atoms with E-state index in [4.69, 9.17) is 18.9 Å². The van der Waals surface area contributed by atoms with Crippen LogP contribution in [0, 0.1) is 0 Å². The molecule has 2 rings (SSSR count). The summed E-state index contributed by atoms with van der Waals surface area (Å²) < 4.78 is 22.7. The lowest BCUT2D eigenvalue weighted by Crippen LogP contribution is -2.12. The van der Waals surface area contributed by atoms with Gasteiger partial charge in [-0.05, 0) is 47.4 Å². The minimum atomic E-state index is 0.534. The van der Waals surface area contributed by atoms with E-state index in [1.165, 1.54) is 19.6 Å². The van der Waals surface area contributed by atoms with Gasteiger partial charge in [0.1, 0.15) is 12.4 Å². The fraction of sp³-hybridized carbons (Fsp3) is 0.474. The van der Waals surface area contributed by atoms with Crippen LogP contribution < -0.4 is 4.74 Å². The molecule has 0 saturated heterocycles. The van der Waals surface area contributed by atoms with Gasteiger partial charge in [-0.3, -0.25) is 0 Å². The first-order valence-electron chi connectivity index (χ1n) is 8.31. The number of benzene rings is 1. The fourth-order valence-electron chi connectivity index (χ4n) is 2.00. The standard InChI is InChI=1S/C19H26O4S2/c1-15-16(2)25-19(24-15)14-17-4-6-18(7-5-17)23-13-12-22-11-10-21-9-8-20-3/h4-7,14H,8-13H2,1-3H3. The monoisotopic (exact) mass is 382 g/mol. The van der Waals surface area contributed by atoms with Crippen molar-refractivity contribution in [3.8, 4) is 5.75 Å². The topological polar surface area (TPSA) is 36.9 Å². The highest BCUT2D eigenvalue weighted by atomic mass is 32.2. The summed E-state index contributed by atoms with van der Waals surface area (Å²) in [6.07, 6.45) is 2.21. The van der Waals surface area contributed by atoms with E-state index in [2.05, 4.69) is 32.1 Å². The van der Waals surface area contributed by atoms with E-state index < -0.39 is 0 Å². The van der Waals surface area contributed by atoms with E-state index in [-0.39, 0.29) is 0 Å². The number of hydrogen-bond donors (Lipinski definition) is 0. The van der Waals surface area contributed by atoms with Crippen molar-refractivity contribution in [3.63, 3.8) is 0 Å². The minimum absolute atomic E-state index is 0.534. The fourth-order valence-corrected chi connectivity index (χ4v) is 4.45. The maximum atomic E-state index is 5.69.